The zero-order valence-corrected chi connectivity index (χ0v) is 13.7. The summed E-state index contributed by atoms with van der Waals surface area (Å²) in [5.41, 5.74) is 2.04. The van der Waals surface area contributed by atoms with Gasteiger partial charge in [0.2, 0.25) is 0 Å². The van der Waals surface area contributed by atoms with Gasteiger partial charge in [-0.25, -0.2) is 0 Å². The Morgan fingerprint density at radius 3 is 2.92 bits per heavy atom. The van der Waals surface area contributed by atoms with Gasteiger partial charge in [-0.2, -0.15) is 0 Å². The van der Waals surface area contributed by atoms with E-state index in [1.807, 2.05) is 12.1 Å². The fourth-order valence-electron chi connectivity index (χ4n) is 3.63. The Bertz CT molecular complexity index is 801. The Balaban J connectivity index is 1.50. The number of aromatic nitrogens is 5. The highest BCUT2D eigenvalue weighted by Crippen LogP contribution is 2.34. The number of rotatable bonds is 4. The van der Waals surface area contributed by atoms with Gasteiger partial charge in [0.25, 0.3) is 0 Å². The number of piperidine rings is 1. The molecule has 0 unspecified atom stereocenters. The second-order valence-electron chi connectivity index (χ2n) is 6.36. The molecule has 0 bridgehead atoms. The van der Waals surface area contributed by atoms with Gasteiger partial charge in [0.05, 0.1) is 0 Å². The highest BCUT2D eigenvalue weighted by molar-refractivity contribution is 5.42. The first-order chi connectivity index (χ1) is 11.8. The van der Waals surface area contributed by atoms with E-state index in [4.69, 9.17) is 0 Å². The van der Waals surface area contributed by atoms with Gasteiger partial charge in [-0.1, -0.05) is 30.3 Å². The molecular formula is C17H21N7. The van der Waals surface area contributed by atoms with E-state index < -0.39 is 0 Å². The van der Waals surface area contributed by atoms with Gasteiger partial charge >= 0.3 is 0 Å². The van der Waals surface area contributed by atoms with Gasteiger partial charge in [0, 0.05) is 12.6 Å². The van der Waals surface area contributed by atoms with Crippen molar-refractivity contribution >= 4 is 11.5 Å². The lowest BCUT2D eigenvalue weighted by Gasteiger charge is -2.39. The Morgan fingerprint density at radius 2 is 2.04 bits per heavy atom. The van der Waals surface area contributed by atoms with Gasteiger partial charge < -0.3 is 5.32 Å². The number of fused-ring (bicyclic) bond motifs is 1. The molecule has 1 aromatic carbocycles. The second kappa shape index (κ2) is 6.52. The molecule has 1 aliphatic rings. The third kappa shape index (κ3) is 2.94. The molecule has 3 heterocycles. The highest BCUT2D eigenvalue weighted by Gasteiger charge is 2.30. The first kappa shape index (κ1) is 15.0. The standard InChI is InChI=1S/C17H21N7/c1-23-11-5-8-14(17(23)13-6-3-2-4-7-13)12-18-15-9-10-16-19-21-22-24(16)20-15/h2-4,6-7,9-10,14,17H,5,8,11-12H2,1H3,(H,18,20)/t14-,17-/m0/s1. The normalized spacial score (nSPS) is 21.9. The number of nitrogens with zero attached hydrogens (tertiary/aromatic N) is 6. The topological polar surface area (TPSA) is 71.2 Å². The largest absolute Gasteiger partial charge is 0.368 e. The van der Waals surface area contributed by atoms with Crippen LogP contribution >= 0.6 is 0 Å². The summed E-state index contributed by atoms with van der Waals surface area (Å²) < 4.78 is 1.45. The van der Waals surface area contributed by atoms with E-state index >= 15 is 0 Å². The second-order valence-corrected chi connectivity index (χ2v) is 6.36. The first-order valence-electron chi connectivity index (χ1n) is 8.36. The summed E-state index contributed by atoms with van der Waals surface area (Å²) in [5, 5.41) is 19.2. The summed E-state index contributed by atoms with van der Waals surface area (Å²) in [5.74, 6) is 1.34. The summed E-state index contributed by atoms with van der Waals surface area (Å²) in [6.45, 7) is 2.02. The van der Waals surface area contributed by atoms with E-state index in [1.54, 1.807) is 0 Å². The van der Waals surface area contributed by atoms with Gasteiger partial charge in [-0.15, -0.1) is 14.8 Å². The van der Waals surface area contributed by atoms with Crippen LogP contribution in [0.2, 0.25) is 0 Å². The number of benzene rings is 1. The molecule has 124 valence electrons. The average molecular weight is 323 g/mol. The van der Waals surface area contributed by atoms with Gasteiger partial charge in [-0.05, 0) is 60.5 Å². The van der Waals surface area contributed by atoms with Crippen molar-refractivity contribution in [3.63, 3.8) is 0 Å². The molecule has 7 heteroatoms. The van der Waals surface area contributed by atoms with E-state index in [-0.39, 0.29) is 0 Å². The molecule has 0 aliphatic carbocycles. The molecule has 7 nitrogen and oxygen atoms in total. The number of likely N-dealkylation sites (tertiary alicyclic amines) is 1. The quantitative estimate of drug-likeness (QED) is 0.792. The molecule has 0 saturated carbocycles. The number of nitrogens with one attached hydrogen (secondary N) is 1. The summed E-state index contributed by atoms with van der Waals surface area (Å²) in [6.07, 6.45) is 2.44. The monoisotopic (exact) mass is 323 g/mol. The van der Waals surface area contributed by atoms with E-state index in [0.29, 0.717) is 17.6 Å². The van der Waals surface area contributed by atoms with E-state index in [1.165, 1.54) is 23.0 Å². The molecular weight excluding hydrogens is 302 g/mol. The van der Waals surface area contributed by atoms with E-state index in [2.05, 4.69) is 68.2 Å². The van der Waals surface area contributed by atoms with Crippen LogP contribution in [0.5, 0.6) is 0 Å². The van der Waals surface area contributed by atoms with Crippen molar-refractivity contribution in [2.45, 2.75) is 18.9 Å². The summed E-state index contributed by atoms with van der Waals surface area (Å²) in [6, 6.07) is 15.0. The van der Waals surface area contributed by atoms with Crippen molar-refractivity contribution in [2.75, 3.05) is 25.5 Å². The molecule has 1 saturated heterocycles. The van der Waals surface area contributed by atoms with Crippen LogP contribution in [-0.2, 0) is 0 Å². The average Bonchev–Trinajstić information content (AvgIpc) is 3.08. The van der Waals surface area contributed by atoms with Crippen LogP contribution in [-0.4, -0.2) is 50.3 Å². The molecule has 3 aromatic rings. The number of hydrogen-bond acceptors (Lipinski definition) is 6. The summed E-state index contributed by atoms with van der Waals surface area (Å²) in [7, 11) is 2.22. The maximum Gasteiger partial charge on any atom is 0.200 e. The molecule has 0 radical (unpaired) electrons. The minimum absolute atomic E-state index is 0.434. The molecule has 2 aromatic heterocycles. The third-order valence-corrected chi connectivity index (χ3v) is 4.76. The lowest BCUT2D eigenvalue weighted by atomic mass is 9.85. The van der Waals surface area contributed by atoms with Crippen LogP contribution in [0.15, 0.2) is 42.5 Å². The number of tetrazole rings is 1. The Labute approximate surface area is 140 Å². The lowest BCUT2D eigenvalue weighted by molar-refractivity contribution is 0.128. The Kier molecular flexibility index (Phi) is 4.08. The zero-order chi connectivity index (χ0) is 16.4. The highest BCUT2D eigenvalue weighted by atomic mass is 15.6. The number of anilines is 1. The smallest absolute Gasteiger partial charge is 0.200 e. The maximum absolute atomic E-state index is 4.39. The summed E-state index contributed by atoms with van der Waals surface area (Å²) in [4.78, 5) is 2.46. The molecule has 1 aliphatic heterocycles. The van der Waals surface area contributed by atoms with E-state index in [9.17, 15) is 0 Å². The molecule has 0 spiro atoms. The minimum Gasteiger partial charge on any atom is -0.368 e. The van der Waals surface area contributed by atoms with Crippen LogP contribution in [0.25, 0.3) is 5.65 Å². The van der Waals surface area contributed by atoms with Crippen LogP contribution in [0.4, 0.5) is 5.82 Å². The molecule has 1 N–H and O–H groups in total. The molecule has 2 atom stereocenters. The fraction of sp³-hybridized carbons (Fsp3) is 0.412. The van der Waals surface area contributed by atoms with Crippen molar-refractivity contribution in [1.29, 1.82) is 0 Å². The van der Waals surface area contributed by atoms with Crippen LogP contribution in [0.1, 0.15) is 24.4 Å². The first-order valence-corrected chi connectivity index (χ1v) is 8.36. The predicted octanol–water partition coefficient (Wildman–Crippen LogP) is 2.01. The van der Waals surface area contributed by atoms with Gasteiger partial charge in [-0.3, -0.25) is 4.90 Å². The van der Waals surface area contributed by atoms with Crippen molar-refractivity contribution in [3.8, 4) is 0 Å². The van der Waals surface area contributed by atoms with E-state index in [0.717, 1.165) is 18.9 Å². The van der Waals surface area contributed by atoms with Crippen LogP contribution in [0.3, 0.4) is 0 Å². The molecule has 4 rings (SSSR count). The minimum atomic E-state index is 0.434. The summed E-state index contributed by atoms with van der Waals surface area (Å²) >= 11 is 0. The van der Waals surface area contributed by atoms with Crippen molar-refractivity contribution < 1.29 is 0 Å². The lowest BCUT2D eigenvalue weighted by Crippen LogP contribution is -2.39. The molecule has 0 amide bonds. The number of hydrogen-bond donors (Lipinski definition) is 1. The SMILES string of the molecule is CN1CCC[C@@H](CNc2ccc3nnnn3n2)[C@@H]1c1ccccc1. The Hall–Kier alpha value is -2.54. The molecule has 1 fully saturated rings. The third-order valence-electron chi connectivity index (χ3n) is 4.76. The molecule has 24 heavy (non-hydrogen) atoms. The Morgan fingerprint density at radius 1 is 1.17 bits per heavy atom. The zero-order valence-electron chi connectivity index (χ0n) is 13.7. The van der Waals surface area contributed by atoms with Crippen molar-refractivity contribution in [1.82, 2.24) is 30.2 Å². The van der Waals surface area contributed by atoms with Crippen LogP contribution < -0.4 is 5.32 Å². The van der Waals surface area contributed by atoms with Gasteiger partial charge in [0.15, 0.2) is 5.65 Å². The van der Waals surface area contributed by atoms with Gasteiger partial charge in [0.1, 0.15) is 5.82 Å². The fourth-order valence-corrected chi connectivity index (χ4v) is 3.63. The maximum atomic E-state index is 4.39. The predicted molar refractivity (Wildman–Crippen MR) is 91.6 cm³/mol. The van der Waals surface area contributed by atoms with Crippen molar-refractivity contribution in [2.24, 2.45) is 5.92 Å². The van der Waals surface area contributed by atoms with Crippen LogP contribution in [0, 0.1) is 5.92 Å². The van der Waals surface area contributed by atoms with Crippen molar-refractivity contribution in [3.05, 3.63) is 48.0 Å².